The van der Waals surface area contributed by atoms with E-state index in [1.54, 1.807) is 0 Å². The minimum Gasteiger partial charge on any atom is -0.411 e. The van der Waals surface area contributed by atoms with E-state index in [2.05, 4.69) is 66.7 Å². The van der Waals surface area contributed by atoms with Crippen LogP contribution in [-0.2, 0) is 4.43 Å². The Morgan fingerprint density at radius 1 is 0.857 bits per heavy atom. The smallest absolute Gasteiger partial charge is 0.269 e. The lowest BCUT2D eigenvalue weighted by atomic mass is 9.49. The normalized spacial score (nSPS) is 31.3. The maximum Gasteiger partial charge on any atom is 0.269 e. The van der Waals surface area contributed by atoms with E-state index in [0.717, 1.165) is 24.4 Å². The van der Waals surface area contributed by atoms with Crippen LogP contribution < -0.4 is 0 Å². The quantitative estimate of drug-likeness (QED) is 0.303. The summed E-state index contributed by atoms with van der Waals surface area (Å²) >= 11 is 0. The van der Waals surface area contributed by atoms with Gasteiger partial charge in [0.2, 0.25) is 0 Å². The molecule has 2 aromatic carbocycles. The van der Waals surface area contributed by atoms with Crippen LogP contribution in [0.25, 0.3) is 11.3 Å². The number of hydrogen-bond acceptors (Lipinski definition) is 1. The van der Waals surface area contributed by atoms with Gasteiger partial charge in [-0.3, -0.25) is 0 Å². The summed E-state index contributed by atoms with van der Waals surface area (Å²) in [5, 5.41) is 1.30. The second-order valence-corrected chi connectivity index (χ2v) is 10.5. The van der Waals surface area contributed by atoms with Gasteiger partial charge in [0, 0.05) is 6.61 Å². The van der Waals surface area contributed by atoms with E-state index in [4.69, 9.17) is 4.43 Å². The van der Waals surface area contributed by atoms with Gasteiger partial charge in [-0.1, -0.05) is 66.7 Å². The van der Waals surface area contributed by atoms with Gasteiger partial charge < -0.3 is 4.43 Å². The largest absolute Gasteiger partial charge is 0.411 e. The Kier molecular flexibility index (Phi) is 5.26. The number of benzene rings is 2. The van der Waals surface area contributed by atoms with Crippen LogP contribution >= 0.6 is 0 Å². The lowest BCUT2D eigenvalue weighted by Crippen LogP contribution is -2.46. The van der Waals surface area contributed by atoms with E-state index in [1.807, 2.05) is 0 Å². The standard InChI is InChI=1S/C26H30OSi/c1-3-7-20(8-4-1)16-25(24-9-5-2-6-10-24)28-27-12-11-26-17-21-13-22(18-26)15-23(14-21)19-26/h1-10,16,21-23H,11-15,17-19H2/b25-16-. The Balaban J connectivity index is 1.23. The average Bonchev–Trinajstić information content (AvgIpc) is 2.71. The Morgan fingerprint density at radius 3 is 2.04 bits per heavy atom. The SMILES string of the molecule is C(=C(/[Si]OCCC12CC3CC(CC(C3)C1)C2)c1ccccc1)/c1ccccc1. The van der Waals surface area contributed by atoms with Crippen molar-refractivity contribution in [1.29, 1.82) is 0 Å². The highest BCUT2D eigenvalue weighted by atomic mass is 28.2. The van der Waals surface area contributed by atoms with E-state index in [-0.39, 0.29) is 0 Å². The van der Waals surface area contributed by atoms with E-state index < -0.39 is 0 Å². The highest BCUT2D eigenvalue weighted by Gasteiger charge is 2.50. The summed E-state index contributed by atoms with van der Waals surface area (Å²) in [6.07, 6.45) is 12.6. The third kappa shape index (κ3) is 4.04. The van der Waals surface area contributed by atoms with Crippen LogP contribution in [0.1, 0.15) is 56.1 Å². The maximum atomic E-state index is 6.32. The predicted molar refractivity (Wildman–Crippen MR) is 118 cm³/mol. The lowest BCUT2D eigenvalue weighted by molar-refractivity contribution is -0.0621. The minimum atomic E-state index is 0.413. The molecular weight excluding hydrogens is 356 g/mol. The average molecular weight is 387 g/mol. The minimum absolute atomic E-state index is 0.413. The summed E-state index contributed by atoms with van der Waals surface area (Å²) in [4.78, 5) is 0. The van der Waals surface area contributed by atoms with Crippen molar-refractivity contribution in [1.82, 2.24) is 0 Å². The molecule has 0 aliphatic heterocycles. The molecular formula is C26H30OSi. The van der Waals surface area contributed by atoms with Gasteiger partial charge in [0.05, 0.1) is 0 Å². The van der Waals surface area contributed by atoms with E-state index in [9.17, 15) is 0 Å². The molecule has 0 unspecified atom stereocenters. The van der Waals surface area contributed by atoms with Crippen molar-refractivity contribution in [2.75, 3.05) is 6.61 Å². The first-order valence-electron chi connectivity index (χ1n) is 11.0. The summed E-state index contributed by atoms with van der Waals surface area (Å²) in [7, 11) is 0.413. The number of hydrogen-bond donors (Lipinski definition) is 0. The molecule has 0 aromatic heterocycles. The van der Waals surface area contributed by atoms with Gasteiger partial charge in [-0.2, -0.15) is 0 Å². The van der Waals surface area contributed by atoms with Crippen LogP contribution in [0.3, 0.4) is 0 Å². The molecule has 0 atom stereocenters. The van der Waals surface area contributed by atoms with Crippen molar-refractivity contribution in [3.8, 4) is 0 Å². The Labute approximate surface area is 172 Å². The van der Waals surface area contributed by atoms with Crippen molar-refractivity contribution >= 4 is 21.0 Å². The molecule has 2 radical (unpaired) electrons. The van der Waals surface area contributed by atoms with Gasteiger partial charge in [0.1, 0.15) is 0 Å². The molecule has 4 bridgehead atoms. The van der Waals surface area contributed by atoms with Crippen LogP contribution in [-0.4, -0.2) is 16.4 Å². The van der Waals surface area contributed by atoms with Gasteiger partial charge in [-0.15, -0.1) is 0 Å². The molecule has 4 saturated carbocycles. The third-order valence-electron chi connectivity index (χ3n) is 7.28. The third-order valence-corrected chi connectivity index (χ3v) is 8.28. The molecule has 0 amide bonds. The van der Waals surface area contributed by atoms with E-state index in [0.29, 0.717) is 15.2 Å². The Bertz CT molecular complexity index is 776. The molecule has 0 spiro atoms. The van der Waals surface area contributed by atoms with Gasteiger partial charge in [0.25, 0.3) is 9.76 Å². The summed E-state index contributed by atoms with van der Waals surface area (Å²) in [5.74, 6) is 3.10. The highest BCUT2D eigenvalue weighted by Crippen LogP contribution is 2.61. The first-order chi connectivity index (χ1) is 13.8. The zero-order valence-corrected chi connectivity index (χ0v) is 17.6. The lowest BCUT2D eigenvalue weighted by Gasteiger charge is -2.57. The van der Waals surface area contributed by atoms with Crippen LogP contribution in [0.2, 0.25) is 0 Å². The molecule has 2 aromatic rings. The van der Waals surface area contributed by atoms with Gasteiger partial charge in [-0.25, -0.2) is 0 Å². The molecule has 4 aliphatic carbocycles. The van der Waals surface area contributed by atoms with Crippen LogP contribution in [0.5, 0.6) is 0 Å². The van der Waals surface area contributed by atoms with E-state index >= 15 is 0 Å². The van der Waals surface area contributed by atoms with Crippen molar-refractivity contribution in [3.63, 3.8) is 0 Å². The fourth-order valence-corrected chi connectivity index (χ4v) is 7.37. The first kappa shape index (κ1) is 18.4. The molecule has 0 saturated heterocycles. The second-order valence-electron chi connectivity index (χ2n) is 9.45. The molecule has 0 N–H and O–H groups in total. The summed E-state index contributed by atoms with van der Waals surface area (Å²) < 4.78 is 6.32. The van der Waals surface area contributed by atoms with Crippen molar-refractivity contribution < 1.29 is 4.43 Å². The molecule has 0 heterocycles. The van der Waals surface area contributed by atoms with Crippen LogP contribution in [0.15, 0.2) is 60.7 Å². The molecule has 1 nitrogen and oxygen atoms in total. The predicted octanol–water partition coefficient (Wildman–Crippen LogP) is 6.43. The fourth-order valence-electron chi connectivity index (χ4n) is 6.50. The Hall–Kier alpha value is -1.64. The molecule has 144 valence electrons. The van der Waals surface area contributed by atoms with Gasteiger partial charge >= 0.3 is 0 Å². The van der Waals surface area contributed by atoms with Gasteiger partial charge in [-0.05, 0) is 84.4 Å². The second kappa shape index (κ2) is 8.00. The summed E-state index contributed by atoms with van der Waals surface area (Å²) in [6.45, 7) is 0.920. The molecule has 4 fully saturated rings. The Morgan fingerprint density at radius 2 is 1.43 bits per heavy atom. The van der Waals surface area contributed by atoms with Crippen molar-refractivity contribution in [3.05, 3.63) is 71.8 Å². The van der Waals surface area contributed by atoms with Gasteiger partial charge in [0.15, 0.2) is 0 Å². The summed E-state index contributed by atoms with van der Waals surface area (Å²) in [5.41, 5.74) is 3.15. The molecule has 28 heavy (non-hydrogen) atoms. The monoisotopic (exact) mass is 386 g/mol. The molecule has 6 rings (SSSR count). The van der Waals surface area contributed by atoms with Crippen molar-refractivity contribution in [2.45, 2.75) is 44.9 Å². The first-order valence-corrected chi connectivity index (χ1v) is 11.9. The van der Waals surface area contributed by atoms with Crippen molar-refractivity contribution in [2.24, 2.45) is 23.2 Å². The number of rotatable bonds is 7. The molecule has 2 heteroatoms. The zero-order chi connectivity index (χ0) is 18.8. The van der Waals surface area contributed by atoms with E-state index in [1.165, 1.54) is 61.3 Å². The zero-order valence-electron chi connectivity index (χ0n) is 16.6. The van der Waals surface area contributed by atoms with Crippen LogP contribution in [0.4, 0.5) is 0 Å². The maximum absolute atomic E-state index is 6.32. The highest BCUT2D eigenvalue weighted by molar-refractivity contribution is 6.57. The fraction of sp³-hybridized carbons (Fsp3) is 0.462. The summed E-state index contributed by atoms with van der Waals surface area (Å²) in [6, 6.07) is 21.3. The van der Waals surface area contributed by atoms with Crippen LogP contribution in [0, 0.1) is 23.2 Å². The molecule has 4 aliphatic rings. The topological polar surface area (TPSA) is 9.23 Å².